The van der Waals surface area contributed by atoms with Crippen molar-refractivity contribution in [1.29, 1.82) is 5.41 Å². The zero-order valence-corrected chi connectivity index (χ0v) is 22.8. The second kappa shape index (κ2) is 13.0. The molecular weight excluding hydrogens is 518 g/mol. The molecular formula is C28H33N5O5S. The highest BCUT2D eigenvalue weighted by Crippen LogP contribution is 2.28. The number of hydrogen-bond donors (Lipinski definition) is 5. The molecule has 206 valence electrons. The summed E-state index contributed by atoms with van der Waals surface area (Å²) in [5.41, 5.74) is 2.72. The first-order valence-corrected chi connectivity index (χ1v) is 14.0. The van der Waals surface area contributed by atoms with Gasteiger partial charge in [0.1, 0.15) is 11.9 Å². The number of nitrogens with two attached hydrogens (primary N) is 1. The minimum absolute atomic E-state index is 0.0237. The van der Waals surface area contributed by atoms with Crippen molar-refractivity contribution < 1.29 is 22.7 Å². The van der Waals surface area contributed by atoms with Crippen molar-refractivity contribution in [2.45, 2.75) is 38.1 Å². The summed E-state index contributed by atoms with van der Waals surface area (Å²) in [6.07, 6.45) is 0.0192. The number of sulfonamides is 1. The van der Waals surface area contributed by atoms with Crippen LogP contribution in [0.25, 0.3) is 11.1 Å². The van der Waals surface area contributed by atoms with Gasteiger partial charge in [-0.3, -0.25) is 15.5 Å². The van der Waals surface area contributed by atoms with Gasteiger partial charge in [0.05, 0.1) is 11.5 Å². The first kappa shape index (κ1) is 29.3. The van der Waals surface area contributed by atoms with E-state index in [4.69, 9.17) is 15.3 Å². The Morgan fingerprint density at radius 1 is 0.974 bits per heavy atom. The Balaban J connectivity index is 1.76. The number of hydrogen-bond acceptors (Lipinski definition) is 7. The predicted octanol–water partition coefficient (Wildman–Crippen LogP) is 4.54. The van der Waals surface area contributed by atoms with E-state index in [9.17, 15) is 18.0 Å². The molecule has 0 aromatic heterocycles. The topological polar surface area (TPSA) is 163 Å². The molecule has 2 amide bonds. The van der Waals surface area contributed by atoms with Gasteiger partial charge >= 0.3 is 6.09 Å². The Morgan fingerprint density at radius 2 is 1.67 bits per heavy atom. The molecule has 0 saturated carbocycles. The van der Waals surface area contributed by atoms with Gasteiger partial charge in [0.15, 0.2) is 0 Å². The predicted molar refractivity (Wildman–Crippen MR) is 152 cm³/mol. The fraction of sp³-hybridized carbons (Fsp3) is 0.250. The van der Waals surface area contributed by atoms with Crippen LogP contribution < -0.4 is 21.1 Å². The van der Waals surface area contributed by atoms with Crippen LogP contribution in [-0.2, 0) is 19.6 Å². The summed E-state index contributed by atoms with van der Waals surface area (Å²) in [6.45, 7) is 5.81. The molecule has 0 heterocycles. The highest BCUT2D eigenvalue weighted by molar-refractivity contribution is 7.89. The van der Waals surface area contributed by atoms with Crippen molar-refractivity contribution >= 4 is 39.2 Å². The number of nitrogens with one attached hydrogen (secondary N) is 4. The first-order chi connectivity index (χ1) is 18.5. The lowest BCUT2D eigenvalue weighted by Crippen LogP contribution is -2.39. The first-order valence-electron chi connectivity index (χ1n) is 12.5. The van der Waals surface area contributed by atoms with Gasteiger partial charge in [-0.25, -0.2) is 18.4 Å². The number of anilines is 2. The standard InChI is InChI=1S/C28H33N5O5S/c1-4-18(3)25(31-22-10-8-9-20(17-22)26(29)33-28(35)38-5-2)27(34)32-21-15-13-19(14-16-21)23-11-6-7-12-24(23)39(30,36)37/h6-18,25,31H,4-5H2,1-3H3,(H,32,34)(H2,29,33,35)(H2,30,36,37)/t18?,25-/m0/s1. The zero-order valence-electron chi connectivity index (χ0n) is 22.0. The fourth-order valence-electron chi connectivity index (χ4n) is 3.89. The molecule has 10 nitrogen and oxygen atoms in total. The molecule has 0 fully saturated rings. The molecule has 0 radical (unpaired) electrons. The van der Waals surface area contributed by atoms with E-state index in [-0.39, 0.29) is 29.2 Å². The van der Waals surface area contributed by atoms with Crippen LogP contribution >= 0.6 is 0 Å². The maximum absolute atomic E-state index is 13.3. The van der Waals surface area contributed by atoms with Gasteiger partial charge in [-0.1, -0.05) is 62.7 Å². The number of ether oxygens (including phenoxy) is 1. The van der Waals surface area contributed by atoms with Crippen molar-refractivity contribution in [3.8, 4) is 11.1 Å². The van der Waals surface area contributed by atoms with E-state index in [0.29, 0.717) is 28.1 Å². The third-order valence-electron chi connectivity index (χ3n) is 6.13. The van der Waals surface area contributed by atoms with Crippen molar-refractivity contribution in [2.75, 3.05) is 17.2 Å². The highest BCUT2D eigenvalue weighted by atomic mass is 32.2. The molecule has 3 rings (SSSR count). The van der Waals surface area contributed by atoms with Crippen LogP contribution in [0.15, 0.2) is 77.7 Å². The molecule has 0 aliphatic carbocycles. The van der Waals surface area contributed by atoms with Crippen molar-refractivity contribution in [2.24, 2.45) is 11.1 Å². The van der Waals surface area contributed by atoms with Gasteiger partial charge in [0, 0.05) is 22.5 Å². The Labute approximate surface area is 228 Å². The third-order valence-corrected chi connectivity index (χ3v) is 7.10. The lowest BCUT2D eigenvalue weighted by molar-refractivity contribution is -0.117. The largest absolute Gasteiger partial charge is 0.450 e. The minimum Gasteiger partial charge on any atom is -0.450 e. The van der Waals surface area contributed by atoms with Gasteiger partial charge in [-0.2, -0.15) is 0 Å². The van der Waals surface area contributed by atoms with E-state index in [1.54, 1.807) is 73.7 Å². The number of primary sulfonamides is 1. The van der Waals surface area contributed by atoms with Crippen molar-refractivity contribution in [3.05, 3.63) is 78.4 Å². The maximum atomic E-state index is 13.3. The summed E-state index contributed by atoms with van der Waals surface area (Å²) in [7, 11) is -3.90. The van der Waals surface area contributed by atoms with E-state index in [1.807, 2.05) is 13.8 Å². The van der Waals surface area contributed by atoms with Gasteiger partial charge in [0.2, 0.25) is 15.9 Å². The van der Waals surface area contributed by atoms with Gasteiger partial charge in [-0.15, -0.1) is 0 Å². The zero-order chi connectivity index (χ0) is 28.6. The van der Waals surface area contributed by atoms with Gasteiger partial charge < -0.3 is 15.4 Å². The minimum atomic E-state index is -3.90. The summed E-state index contributed by atoms with van der Waals surface area (Å²) in [5, 5.41) is 22.0. The van der Waals surface area contributed by atoms with Crippen LogP contribution in [0.2, 0.25) is 0 Å². The molecule has 3 aromatic carbocycles. The number of amidine groups is 1. The summed E-state index contributed by atoms with van der Waals surface area (Å²) >= 11 is 0. The smallest absolute Gasteiger partial charge is 0.412 e. The molecule has 0 aliphatic heterocycles. The molecule has 1 unspecified atom stereocenters. The molecule has 6 N–H and O–H groups in total. The third kappa shape index (κ3) is 7.88. The van der Waals surface area contributed by atoms with Gasteiger partial charge in [0.25, 0.3) is 0 Å². The van der Waals surface area contributed by atoms with E-state index >= 15 is 0 Å². The molecule has 0 spiro atoms. The van der Waals surface area contributed by atoms with Crippen molar-refractivity contribution in [3.63, 3.8) is 0 Å². The Bertz CT molecular complexity index is 1440. The number of carbonyl (C=O) groups is 2. The summed E-state index contributed by atoms with van der Waals surface area (Å²) in [5.74, 6) is -0.412. The van der Waals surface area contributed by atoms with Crippen LogP contribution in [0, 0.1) is 11.3 Å². The second-order valence-electron chi connectivity index (χ2n) is 8.92. The van der Waals surface area contributed by atoms with Crippen LogP contribution in [0.4, 0.5) is 16.2 Å². The maximum Gasteiger partial charge on any atom is 0.412 e. The quantitative estimate of drug-likeness (QED) is 0.183. The average molecular weight is 552 g/mol. The van der Waals surface area contributed by atoms with Crippen LogP contribution in [0.1, 0.15) is 32.8 Å². The highest BCUT2D eigenvalue weighted by Gasteiger charge is 2.24. The SMILES string of the molecule is CCOC(=O)NC(=N)c1cccc(N[C@H](C(=O)Nc2ccc(-c3ccccc3S(N)(=O)=O)cc2)C(C)CC)c1. The summed E-state index contributed by atoms with van der Waals surface area (Å²) in [6, 6.07) is 19.5. The molecule has 0 saturated heterocycles. The number of carbonyl (C=O) groups excluding carboxylic acids is 2. The molecule has 2 atom stereocenters. The van der Waals surface area contributed by atoms with Crippen LogP contribution in [-0.4, -0.2) is 38.9 Å². The lowest BCUT2D eigenvalue weighted by Gasteiger charge is -2.25. The number of benzene rings is 3. The Hall–Kier alpha value is -4.22. The Morgan fingerprint density at radius 3 is 2.31 bits per heavy atom. The van der Waals surface area contributed by atoms with E-state index in [1.165, 1.54) is 6.07 Å². The lowest BCUT2D eigenvalue weighted by atomic mass is 9.97. The van der Waals surface area contributed by atoms with Crippen LogP contribution in [0.5, 0.6) is 0 Å². The van der Waals surface area contributed by atoms with Crippen molar-refractivity contribution in [1.82, 2.24) is 5.32 Å². The molecule has 3 aromatic rings. The summed E-state index contributed by atoms with van der Waals surface area (Å²) < 4.78 is 28.8. The number of rotatable bonds is 10. The van der Waals surface area contributed by atoms with Crippen LogP contribution in [0.3, 0.4) is 0 Å². The normalized spacial score (nSPS) is 12.6. The van der Waals surface area contributed by atoms with E-state index < -0.39 is 22.2 Å². The number of amides is 2. The Kier molecular flexibility index (Phi) is 9.80. The summed E-state index contributed by atoms with van der Waals surface area (Å²) in [4.78, 5) is 25.0. The number of alkyl carbamates (subject to hydrolysis) is 1. The molecule has 0 bridgehead atoms. The average Bonchev–Trinajstić information content (AvgIpc) is 2.91. The second-order valence-corrected chi connectivity index (χ2v) is 10.4. The fourth-order valence-corrected chi connectivity index (χ4v) is 4.65. The monoisotopic (exact) mass is 551 g/mol. The van der Waals surface area contributed by atoms with E-state index in [2.05, 4.69) is 16.0 Å². The van der Waals surface area contributed by atoms with E-state index in [0.717, 1.165) is 6.42 Å². The molecule has 39 heavy (non-hydrogen) atoms. The van der Waals surface area contributed by atoms with Gasteiger partial charge in [-0.05, 0) is 48.7 Å². The molecule has 0 aliphatic rings. The molecule has 11 heteroatoms.